The topological polar surface area (TPSA) is 126 Å². The summed E-state index contributed by atoms with van der Waals surface area (Å²) < 4.78 is 17.6. The van der Waals surface area contributed by atoms with Gasteiger partial charge in [-0.25, -0.2) is 19.0 Å². The maximum absolute atomic E-state index is 12.9. The van der Waals surface area contributed by atoms with Gasteiger partial charge in [-0.3, -0.25) is 9.36 Å². The van der Waals surface area contributed by atoms with E-state index in [1.54, 1.807) is 31.2 Å². The zero-order chi connectivity index (χ0) is 24.1. The van der Waals surface area contributed by atoms with Crippen molar-refractivity contribution in [3.63, 3.8) is 0 Å². The second-order valence-corrected chi connectivity index (χ2v) is 7.66. The molecule has 1 fully saturated rings. The molecule has 3 atom stereocenters. The molecule has 0 radical (unpaired) electrons. The molecule has 0 amide bonds. The van der Waals surface area contributed by atoms with Gasteiger partial charge >= 0.3 is 17.6 Å². The second-order valence-electron chi connectivity index (χ2n) is 7.66. The maximum Gasteiger partial charge on any atom is 0.338 e. The van der Waals surface area contributed by atoms with Crippen LogP contribution in [0, 0.1) is 13.8 Å². The minimum atomic E-state index is -1.10. The Balaban J connectivity index is 1.75. The number of aliphatic hydroxyl groups is 1. The van der Waals surface area contributed by atoms with Gasteiger partial charge in [0.05, 0.1) is 18.3 Å². The average molecular weight is 458 g/mol. The van der Waals surface area contributed by atoms with Crippen LogP contribution in [0.4, 0.5) is 0 Å². The summed E-state index contributed by atoms with van der Waals surface area (Å²) in [6, 6.07) is 6.89. The number of rotatable bonds is 7. The number of hydrogen-bond acceptors (Lipinski definition) is 8. The van der Waals surface area contributed by atoms with E-state index in [-0.39, 0.29) is 25.2 Å². The van der Waals surface area contributed by atoms with Crippen molar-refractivity contribution < 1.29 is 28.9 Å². The van der Waals surface area contributed by atoms with Gasteiger partial charge in [0.1, 0.15) is 12.7 Å². The van der Waals surface area contributed by atoms with Crippen molar-refractivity contribution in [2.45, 2.75) is 45.6 Å². The molecule has 1 aromatic heterocycles. The lowest BCUT2D eigenvalue weighted by atomic mass is 10.1. The van der Waals surface area contributed by atoms with E-state index in [1.165, 1.54) is 13.1 Å². The molecule has 3 rings (SSSR count). The Morgan fingerprint density at radius 1 is 1.18 bits per heavy atom. The maximum atomic E-state index is 12.9. The number of esters is 2. The first-order valence-corrected chi connectivity index (χ1v) is 10.5. The summed E-state index contributed by atoms with van der Waals surface area (Å²) >= 11 is 0. The van der Waals surface area contributed by atoms with Crippen molar-refractivity contribution in [2.24, 2.45) is 0 Å². The fraction of sp³-hybridized carbons (Fsp3) is 0.391. The second kappa shape index (κ2) is 10.4. The van der Waals surface area contributed by atoms with Gasteiger partial charge in [-0.15, -0.1) is 0 Å². The minimum absolute atomic E-state index is 0.115. The van der Waals surface area contributed by atoms with Crippen LogP contribution in [0.2, 0.25) is 0 Å². The number of aryl methyl sites for hydroxylation is 2. The van der Waals surface area contributed by atoms with Crippen LogP contribution in [-0.4, -0.2) is 51.6 Å². The van der Waals surface area contributed by atoms with E-state index in [4.69, 9.17) is 14.2 Å². The minimum Gasteiger partial charge on any atom is -0.463 e. The summed E-state index contributed by atoms with van der Waals surface area (Å²) in [4.78, 5) is 49.1. The molecule has 0 spiro atoms. The third kappa shape index (κ3) is 5.65. The predicted octanol–water partition coefficient (Wildman–Crippen LogP) is 1.17. The molecular weight excluding hydrogens is 432 g/mol. The van der Waals surface area contributed by atoms with E-state index in [9.17, 15) is 24.3 Å². The number of nitrogens with zero attached hydrogens (tertiary/aromatic N) is 2. The quantitative estimate of drug-likeness (QED) is 0.484. The van der Waals surface area contributed by atoms with E-state index < -0.39 is 41.6 Å². The number of ether oxygens (including phenoxy) is 3. The SMILES string of the molecule is CCOC(=O)/C=C/n1c(=O)c(C)cn([C@@H]2O[C@H](COC(=O)c3ccc(C)cc3)C[C@H]2O)c1=O. The molecule has 0 unspecified atom stereocenters. The molecule has 33 heavy (non-hydrogen) atoms. The summed E-state index contributed by atoms with van der Waals surface area (Å²) in [5, 5.41) is 10.5. The van der Waals surface area contributed by atoms with Crippen LogP contribution in [-0.2, 0) is 19.0 Å². The Morgan fingerprint density at radius 2 is 1.88 bits per heavy atom. The fourth-order valence-electron chi connectivity index (χ4n) is 3.39. The highest BCUT2D eigenvalue weighted by molar-refractivity contribution is 5.89. The molecule has 1 aliphatic rings. The Kier molecular flexibility index (Phi) is 7.62. The van der Waals surface area contributed by atoms with Gasteiger partial charge in [-0.1, -0.05) is 17.7 Å². The van der Waals surface area contributed by atoms with Crippen molar-refractivity contribution in [3.8, 4) is 0 Å². The van der Waals surface area contributed by atoms with Gasteiger partial charge in [0.15, 0.2) is 6.23 Å². The number of aliphatic hydroxyl groups excluding tert-OH is 1. The molecular formula is C23H26N2O8. The third-order valence-electron chi connectivity index (χ3n) is 5.09. The van der Waals surface area contributed by atoms with Gasteiger partial charge in [-0.2, -0.15) is 0 Å². The van der Waals surface area contributed by atoms with Crippen LogP contribution in [0.5, 0.6) is 0 Å². The number of hydrogen-bond donors (Lipinski definition) is 1. The molecule has 176 valence electrons. The van der Waals surface area contributed by atoms with Gasteiger partial charge in [-0.05, 0) is 32.9 Å². The van der Waals surface area contributed by atoms with Crippen LogP contribution < -0.4 is 11.2 Å². The van der Waals surface area contributed by atoms with E-state index in [0.29, 0.717) is 5.56 Å². The van der Waals surface area contributed by atoms with Crippen molar-refractivity contribution in [1.82, 2.24) is 9.13 Å². The summed E-state index contributed by atoms with van der Waals surface area (Å²) in [5.41, 5.74) is 0.187. The number of carbonyl (C=O) groups is 2. The average Bonchev–Trinajstić information content (AvgIpc) is 3.15. The van der Waals surface area contributed by atoms with Gasteiger partial charge in [0.25, 0.3) is 5.56 Å². The van der Waals surface area contributed by atoms with Crippen LogP contribution >= 0.6 is 0 Å². The molecule has 1 saturated heterocycles. The monoisotopic (exact) mass is 458 g/mol. The van der Waals surface area contributed by atoms with Crippen LogP contribution in [0.1, 0.15) is 41.1 Å². The summed E-state index contributed by atoms with van der Waals surface area (Å²) in [7, 11) is 0. The van der Waals surface area contributed by atoms with E-state index >= 15 is 0 Å². The normalized spacial score (nSPS) is 20.2. The molecule has 1 N–H and O–H groups in total. The molecule has 0 bridgehead atoms. The van der Waals surface area contributed by atoms with Crippen LogP contribution in [0.15, 0.2) is 46.1 Å². The largest absolute Gasteiger partial charge is 0.463 e. The van der Waals surface area contributed by atoms with Crippen molar-refractivity contribution in [3.05, 3.63) is 74.1 Å². The van der Waals surface area contributed by atoms with Gasteiger partial charge in [0.2, 0.25) is 0 Å². The standard InChI is InChI=1S/C23H26N2O8/c1-4-31-19(27)9-10-24-20(28)15(3)12-25(23(24)30)21-18(26)11-17(33-21)13-32-22(29)16-7-5-14(2)6-8-16/h5-10,12,17-18,21,26H,4,11,13H2,1-3H3/b10-9+/t17-,18+,21+/m0/s1. The Bertz CT molecular complexity index is 1160. The highest BCUT2D eigenvalue weighted by Gasteiger charge is 2.37. The van der Waals surface area contributed by atoms with Crippen LogP contribution in [0.3, 0.4) is 0 Å². The van der Waals surface area contributed by atoms with Gasteiger partial charge < -0.3 is 19.3 Å². The zero-order valence-electron chi connectivity index (χ0n) is 18.6. The Hall–Kier alpha value is -3.50. The number of carbonyl (C=O) groups excluding carboxylic acids is 2. The van der Waals surface area contributed by atoms with Gasteiger partial charge in [0, 0.05) is 30.5 Å². The smallest absolute Gasteiger partial charge is 0.338 e. The van der Waals surface area contributed by atoms with Crippen molar-refractivity contribution >= 4 is 18.1 Å². The first kappa shape index (κ1) is 24.1. The van der Waals surface area contributed by atoms with Crippen molar-refractivity contribution in [2.75, 3.05) is 13.2 Å². The molecule has 0 saturated carbocycles. The molecule has 10 heteroatoms. The lowest BCUT2D eigenvalue weighted by Gasteiger charge is -2.19. The lowest BCUT2D eigenvalue weighted by molar-refractivity contribution is -0.137. The van der Waals surface area contributed by atoms with E-state index in [0.717, 1.165) is 27.0 Å². The summed E-state index contributed by atoms with van der Waals surface area (Å²) in [6.07, 6.45) is 0.571. The zero-order valence-corrected chi connectivity index (χ0v) is 18.6. The molecule has 0 aliphatic carbocycles. The fourth-order valence-corrected chi connectivity index (χ4v) is 3.39. The summed E-state index contributed by atoms with van der Waals surface area (Å²) in [6.45, 7) is 5.06. The molecule has 1 aromatic carbocycles. The molecule has 10 nitrogen and oxygen atoms in total. The number of benzene rings is 1. The van der Waals surface area contributed by atoms with Crippen molar-refractivity contribution in [1.29, 1.82) is 0 Å². The highest BCUT2D eigenvalue weighted by Crippen LogP contribution is 2.28. The molecule has 2 heterocycles. The first-order valence-electron chi connectivity index (χ1n) is 10.5. The third-order valence-corrected chi connectivity index (χ3v) is 5.09. The predicted molar refractivity (Wildman–Crippen MR) is 118 cm³/mol. The summed E-state index contributed by atoms with van der Waals surface area (Å²) in [5.74, 6) is -1.23. The molecule has 1 aliphatic heterocycles. The van der Waals surface area contributed by atoms with E-state index in [2.05, 4.69) is 0 Å². The first-order chi connectivity index (χ1) is 15.7. The number of aromatic nitrogens is 2. The van der Waals surface area contributed by atoms with Crippen LogP contribution in [0.25, 0.3) is 6.20 Å². The molecule has 2 aromatic rings. The highest BCUT2D eigenvalue weighted by atomic mass is 16.6. The van der Waals surface area contributed by atoms with E-state index in [1.807, 2.05) is 6.92 Å². The Morgan fingerprint density at radius 3 is 2.55 bits per heavy atom. The Labute approximate surface area is 189 Å². The lowest BCUT2D eigenvalue weighted by Crippen LogP contribution is -2.41.